The Labute approximate surface area is 200 Å². The van der Waals surface area contributed by atoms with Crippen LogP contribution in [-0.2, 0) is 16.9 Å². The van der Waals surface area contributed by atoms with Gasteiger partial charge in [0.25, 0.3) is 5.91 Å². The van der Waals surface area contributed by atoms with Crippen LogP contribution < -0.4 is 16.0 Å². The van der Waals surface area contributed by atoms with E-state index in [9.17, 15) is 14.4 Å². The van der Waals surface area contributed by atoms with Gasteiger partial charge >= 0.3 is 12.1 Å². The van der Waals surface area contributed by atoms with Crippen LogP contribution in [0.2, 0.25) is 5.02 Å². The van der Waals surface area contributed by atoms with Crippen LogP contribution in [0.3, 0.4) is 0 Å². The highest BCUT2D eigenvalue weighted by Crippen LogP contribution is 2.31. The lowest BCUT2D eigenvalue weighted by Gasteiger charge is -2.30. The van der Waals surface area contributed by atoms with Crippen LogP contribution in [0, 0.1) is 0 Å². The molecule has 2 aliphatic heterocycles. The molecule has 34 heavy (non-hydrogen) atoms. The van der Waals surface area contributed by atoms with Crippen molar-refractivity contribution in [2.45, 2.75) is 37.8 Å². The molecule has 0 saturated carbocycles. The minimum Gasteiger partial charge on any atom is -0.440 e. The van der Waals surface area contributed by atoms with Gasteiger partial charge < -0.3 is 20.0 Å². The van der Waals surface area contributed by atoms with E-state index in [4.69, 9.17) is 16.0 Å². The number of oxazole rings is 1. The first-order valence-corrected chi connectivity index (χ1v) is 11.5. The number of carbonyl (C=O) groups is 3. The smallest absolute Gasteiger partial charge is 0.322 e. The molecule has 3 N–H and O–H groups in total. The maximum absolute atomic E-state index is 12.7. The van der Waals surface area contributed by atoms with Crippen molar-refractivity contribution in [2.24, 2.45) is 0 Å². The average molecular weight is 482 g/mol. The first-order chi connectivity index (χ1) is 16.3. The summed E-state index contributed by atoms with van der Waals surface area (Å²) in [5, 5.41) is 8.48. The lowest BCUT2D eigenvalue weighted by molar-refractivity contribution is -0.123. The summed E-state index contributed by atoms with van der Waals surface area (Å²) < 4.78 is 5.90. The molecule has 5 amide bonds. The van der Waals surface area contributed by atoms with Crippen molar-refractivity contribution in [1.29, 1.82) is 0 Å². The van der Waals surface area contributed by atoms with Gasteiger partial charge in [0.2, 0.25) is 0 Å². The zero-order chi connectivity index (χ0) is 23.9. The van der Waals surface area contributed by atoms with E-state index in [2.05, 4.69) is 20.9 Å². The number of nitrogens with zero attached hydrogens (tertiary/aromatic N) is 2. The van der Waals surface area contributed by atoms with Gasteiger partial charge in [0.1, 0.15) is 11.1 Å². The Morgan fingerprint density at radius 1 is 1.24 bits per heavy atom. The fourth-order valence-corrected chi connectivity index (χ4v) is 4.62. The van der Waals surface area contributed by atoms with Crippen LogP contribution >= 0.6 is 11.6 Å². The minimum atomic E-state index is -1.13. The van der Waals surface area contributed by atoms with Crippen LogP contribution in [0.15, 0.2) is 46.9 Å². The Morgan fingerprint density at radius 2 is 2.03 bits per heavy atom. The molecular weight excluding hydrogens is 458 g/mol. The third-order valence-electron chi connectivity index (χ3n) is 6.49. The van der Waals surface area contributed by atoms with Crippen molar-refractivity contribution >= 4 is 40.7 Å². The standard InChI is InChI=1S/C24H24ClN5O4/c1-24(21(31)28-22(32)29-24)16-4-2-3-14(11-16)13-26-23(33)30-9-7-15(8-10-30)20-27-18-12-17(25)5-6-19(18)34-20/h2-6,11-12,15H,7-10,13H2,1H3,(H,26,33)(H2,28,29,31,32). The molecule has 9 nitrogen and oxygen atoms in total. The number of likely N-dealkylation sites (tertiary alicyclic amines) is 1. The number of nitrogens with one attached hydrogen (secondary N) is 3. The molecular formula is C24H24ClN5O4. The van der Waals surface area contributed by atoms with Crippen molar-refractivity contribution < 1.29 is 18.8 Å². The number of imide groups is 1. The van der Waals surface area contributed by atoms with Crippen LogP contribution in [0.4, 0.5) is 9.59 Å². The second-order valence-corrected chi connectivity index (χ2v) is 9.25. The van der Waals surface area contributed by atoms with E-state index in [0.29, 0.717) is 41.7 Å². The third kappa shape index (κ3) is 4.19. The fourth-order valence-electron chi connectivity index (χ4n) is 4.45. The number of hydrogen-bond donors (Lipinski definition) is 3. The van der Waals surface area contributed by atoms with E-state index >= 15 is 0 Å². The second-order valence-electron chi connectivity index (χ2n) is 8.82. The van der Waals surface area contributed by atoms with Crippen molar-refractivity contribution in [2.75, 3.05) is 13.1 Å². The van der Waals surface area contributed by atoms with Crippen LogP contribution in [0.25, 0.3) is 11.1 Å². The molecule has 2 saturated heterocycles. The van der Waals surface area contributed by atoms with E-state index in [-0.39, 0.29) is 11.9 Å². The summed E-state index contributed by atoms with van der Waals surface area (Å²) in [6, 6.07) is 12.0. The van der Waals surface area contributed by atoms with E-state index in [1.165, 1.54) is 0 Å². The number of piperidine rings is 1. The first-order valence-electron chi connectivity index (χ1n) is 11.1. The maximum Gasteiger partial charge on any atom is 0.322 e. The molecule has 0 radical (unpaired) electrons. The SMILES string of the molecule is CC1(c2cccc(CNC(=O)N3CCC(c4nc5cc(Cl)ccc5o4)CC3)c2)NC(=O)NC1=O. The van der Waals surface area contributed by atoms with E-state index in [1.54, 1.807) is 36.1 Å². The lowest BCUT2D eigenvalue weighted by atomic mass is 9.91. The van der Waals surface area contributed by atoms with Crippen molar-refractivity contribution in [3.8, 4) is 0 Å². The second kappa shape index (κ2) is 8.64. The number of aromatic nitrogens is 1. The van der Waals surface area contributed by atoms with E-state index < -0.39 is 17.5 Å². The molecule has 0 aliphatic carbocycles. The highest BCUT2D eigenvalue weighted by Gasteiger charge is 2.43. The number of hydrogen-bond acceptors (Lipinski definition) is 5. The van der Waals surface area contributed by atoms with Gasteiger partial charge in [-0.25, -0.2) is 14.6 Å². The molecule has 3 aromatic rings. The van der Waals surface area contributed by atoms with Crippen LogP contribution in [0.5, 0.6) is 0 Å². The molecule has 3 heterocycles. The molecule has 10 heteroatoms. The average Bonchev–Trinajstić information content (AvgIpc) is 3.37. The largest absolute Gasteiger partial charge is 0.440 e. The lowest BCUT2D eigenvalue weighted by Crippen LogP contribution is -2.44. The number of amides is 5. The Hall–Kier alpha value is -3.59. The molecule has 0 spiro atoms. The van der Waals surface area contributed by atoms with Gasteiger partial charge in [-0.1, -0.05) is 35.9 Å². The van der Waals surface area contributed by atoms with Crippen LogP contribution in [0.1, 0.15) is 42.7 Å². The van der Waals surface area contributed by atoms with Gasteiger partial charge in [-0.2, -0.15) is 0 Å². The number of halogens is 1. The van der Waals surface area contributed by atoms with Crippen molar-refractivity contribution in [3.05, 3.63) is 64.5 Å². The fraction of sp³-hybridized carbons (Fsp3) is 0.333. The highest BCUT2D eigenvalue weighted by atomic mass is 35.5. The van der Waals surface area contributed by atoms with Gasteiger partial charge in [-0.15, -0.1) is 0 Å². The zero-order valence-electron chi connectivity index (χ0n) is 18.6. The molecule has 0 bridgehead atoms. The molecule has 1 unspecified atom stereocenters. The molecule has 5 rings (SSSR count). The Bertz CT molecular complexity index is 1280. The van der Waals surface area contributed by atoms with E-state index in [1.807, 2.05) is 18.2 Å². The quantitative estimate of drug-likeness (QED) is 0.492. The van der Waals surface area contributed by atoms with Crippen molar-refractivity contribution in [3.63, 3.8) is 0 Å². The highest BCUT2D eigenvalue weighted by molar-refractivity contribution is 6.31. The van der Waals surface area contributed by atoms with Gasteiger partial charge in [0, 0.05) is 30.6 Å². The molecule has 1 aromatic heterocycles. The summed E-state index contributed by atoms with van der Waals surface area (Å²) in [7, 11) is 0. The summed E-state index contributed by atoms with van der Waals surface area (Å²) in [5.74, 6) is 0.440. The molecule has 2 aliphatic rings. The number of fused-ring (bicyclic) bond motifs is 1. The van der Waals surface area contributed by atoms with Gasteiger partial charge in [-0.3, -0.25) is 10.1 Å². The number of carbonyl (C=O) groups excluding carboxylic acids is 3. The van der Waals surface area contributed by atoms with Gasteiger partial charge in [0.15, 0.2) is 11.5 Å². The molecule has 2 fully saturated rings. The molecule has 2 aromatic carbocycles. The zero-order valence-corrected chi connectivity index (χ0v) is 19.3. The third-order valence-corrected chi connectivity index (χ3v) is 6.73. The summed E-state index contributed by atoms with van der Waals surface area (Å²) >= 11 is 6.04. The summed E-state index contributed by atoms with van der Waals surface area (Å²) in [5.41, 5.74) is 1.82. The predicted octanol–water partition coefficient (Wildman–Crippen LogP) is 3.63. The Morgan fingerprint density at radius 3 is 2.76 bits per heavy atom. The van der Waals surface area contributed by atoms with E-state index in [0.717, 1.165) is 23.9 Å². The maximum atomic E-state index is 12.7. The molecule has 1 atom stereocenters. The number of rotatable bonds is 4. The molecule has 176 valence electrons. The topological polar surface area (TPSA) is 117 Å². The normalized spacial score (nSPS) is 20.9. The summed E-state index contributed by atoms with van der Waals surface area (Å²) in [4.78, 5) is 42.9. The summed E-state index contributed by atoms with van der Waals surface area (Å²) in [6.07, 6.45) is 1.52. The Kier molecular flexibility index (Phi) is 5.65. The van der Waals surface area contributed by atoms with Crippen molar-refractivity contribution in [1.82, 2.24) is 25.8 Å². The predicted molar refractivity (Wildman–Crippen MR) is 125 cm³/mol. The number of urea groups is 2. The van der Waals surface area contributed by atoms with Crippen LogP contribution in [-0.4, -0.2) is 40.9 Å². The summed E-state index contributed by atoms with van der Waals surface area (Å²) in [6.45, 7) is 3.16. The monoisotopic (exact) mass is 481 g/mol. The van der Waals surface area contributed by atoms with Gasteiger partial charge in [-0.05, 0) is 49.1 Å². The Balaban J connectivity index is 1.17. The number of benzene rings is 2. The minimum absolute atomic E-state index is 0.147. The first kappa shape index (κ1) is 22.2. The van der Waals surface area contributed by atoms with Gasteiger partial charge in [0.05, 0.1) is 0 Å².